The number of nitrogens with zero attached hydrogens (tertiary/aromatic N) is 2. The molecule has 1 aliphatic rings. The number of amides is 3. The molecule has 3 N–H and O–H groups in total. The Morgan fingerprint density at radius 1 is 1.18 bits per heavy atom. The largest absolute Gasteiger partial charge is 0.465 e. The van der Waals surface area contributed by atoms with Crippen molar-refractivity contribution >= 4 is 17.9 Å². The number of pyridine rings is 1. The molecular weight excluding hydrogens is 428 g/mol. The number of likely N-dealkylation sites (tertiary alicyclic amines) is 1. The summed E-state index contributed by atoms with van der Waals surface area (Å²) in [4.78, 5) is 50.1. The predicted octanol–water partition coefficient (Wildman–Crippen LogP) is 1.15. The van der Waals surface area contributed by atoms with Gasteiger partial charge in [0.2, 0.25) is 0 Å². The van der Waals surface area contributed by atoms with E-state index < -0.39 is 23.5 Å². The molecule has 0 bridgehead atoms. The number of carboxylic acid groups (broad SMARTS) is 1. The number of piperidine rings is 1. The van der Waals surface area contributed by atoms with Gasteiger partial charge in [-0.25, -0.2) is 4.79 Å². The van der Waals surface area contributed by atoms with E-state index in [0.29, 0.717) is 13.1 Å². The Morgan fingerprint density at radius 2 is 1.94 bits per heavy atom. The maximum absolute atomic E-state index is 12.8. The first-order valence-electron chi connectivity index (χ1n) is 10.8. The first kappa shape index (κ1) is 24.0. The van der Waals surface area contributed by atoms with Crippen molar-refractivity contribution in [3.63, 3.8) is 0 Å². The topological polar surface area (TPSA) is 130 Å². The number of aromatic nitrogens is 1. The van der Waals surface area contributed by atoms with Gasteiger partial charge in [0.15, 0.2) is 0 Å². The van der Waals surface area contributed by atoms with E-state index in [1.54, 1.807) is 0 Å². The highest BCUT2D eigenvalue weighted by atomic mass is 16.5. The number of rotatable bonds is 8. The van der Waals surface area contributed by atoms with Crippen LogP contribution in [0.4, 0.5) is 4.79 Å². The van der Waals surface area contributed by atoms with E-state index in [1.807, 2.05) is 30.3 Å². The zero-order chi connectivity index (χ0) is 23.8. The zero-order valence-corrected chi connectivity index (χ0v) is 18.5. The molecule has 1 atom stereocenters. The minimum Gasteiger partial charge on any atom is -0.465 e. The van der Waals surface area contributed by atoms with Crippen LogP contribution in [0, 0.1) is 0 Å². The molecule has 10 heteroatoms. The van der Waals surface area contributed by atoms with Crippen LogP contribution in [0.3, 0.4) is 0 Å². The molecule has 0 spiro atoms. The normalized spacial score (nSPS) is 15.7. The minimum absolute atomic E-state index is 0.117. The third-order valence-electron chi connectivity index (χ3n) is 5.41. The van der Waals surface area contributed by atoms with Crippen molar-refractivity contribution in [2.24, 2.45) is 0 Å². The lowest BCUT2D eigenvalue weighted by Crippen LogP contribution is -2.43. The summed E-state index contributed by atoms with van der Waals surface area (Å²) in [7, 11) is 1.42. The van der Waals surface area contributed by atoms with E-state index in [4.69, 9.17) is 9.84 Å². The van der Waals surface area contributed by atoms with Crippen LogP contribution in [0.15, 0.2) is 47.4 Å². The molecule has 0 radical (unpaired) electrons. The Hall–Kier alpha value is -3.66. The van der Waals surface area contributed by atoms with Crippen molar-refractivity contribution in [1.29, 1.82) is 0 Å². The second kappa shape index (κ2) is 11.3. The van der Waals surface area contributed by atoms with Gasteiger partial charge in [0.25, 0.3) is 17.4 Å². The molecule has 0 aliphatic carbocycles. The maximum atomic E-state index is 12.8. The molecule has 33 heavy (non-hydrogen) atoms. The van der Waals surface area contributed by atoms with Crippen molar-refractivity contribution in [1.82, 2.24) is 20.1 Å². The Bertz CT molecular complexity index is 1050. The van der Waals surface area contributed by atoms with Gasteiger partial charge in [0, 0.05) is 26.3 Å². The van der Waals surface area contributed by atoms with Crippen molar-refractivity contribution in [2.45, 2.75) is 25.5 Å². The Kier molecular flexibility index (Phi) is 8.20. The third-order valence-corrected chi connectivity index (χ3v) is 5.41. The first-order valence-corrected chi connectivity index (χ1v) is 10.8. The summed E-state index contributed by atoms with van der Waals surface area (Å²) < 4.78 is 7.05. The third kappa shape index (κ3) is 6.42. The fourth-order valence-electron chi connectivity index (χ4n) is 3.70. The van der Waals surface area contributed by atoms with Crippen LogP contribution >= 0.6 is 0 Å². The summed E-state index contributed by atoms with van der Waals surface area (Å²) in [6, 6.07) is 10.5. The van der Waals surface area contributed by atoms with Gasteiger partial charge in [-0.3, -0.25) is 14.4 Å². The monoisotopic (exact) mass is 456 g/mol. The summed E-state index contributed by atoms with van der Waals surface area (Å²) in [6.07, 6.45) is 1.75. The lowest BCUT2D eigenvalue weighted by Gasteiger charge is -2.30. The molecule has 2 heterocycles. The lowest BCUT2D eigenvalue weighted by molar-refractivity contribution is 0.00485. The molecule has 2 aromatic rings. The van der Waals surface area contributed by atoms with Crippen LogP contribution in [0.2, 0.25) is 0 Å². The Labute approximate surface area is 191 Å². The number of benzene rings is 1. The predicted molar refractivity (Wildman–Crippen MR) is 121 cm³/mol. The molecule has 1 aromatic carbocycles. The van der Waals surface area contributed by atoms with Crippen LogP contribution in [0.1, 0.15) is 39.1 Å². The summed E-state index contributed by atoms with van der Waals surface area (Å²) in [6.45, 7) is 1.45. The molecule has 0 saturated carbocycles. The van der Waals surface area contributed by atoms with Crippen LogP contribution in [0.5, 0.6) is 0 Å². The Morgan fingerprint density at radius 3 is 2.64 bits per heavy atom. The van der Waals surface area contributed by atoms with Gasteiger partial charge in [-0.05, 0) is 24.5 Å². The number of hydrogen-bond acceptors (Lipinski definition) is 5. The number of carbonyl (C=O) groups excluding carboxylic acids is 2. The first-order chi connectivity index (χ1) is 15.9. The molecule has 3 rings (SSSR count). The molecule has 176 valence electrons. The number of nitrogens with one attached hydrogen (secondary N) is 2. The summed E-state index contributed by atoms with van der Waals surface area (Å²) >= 11 is 0. The van der Waals surface area contributed by atoms with Crippen LogP contribution in [0.25, 0.3) is 0 Å². The van der Waals surface area contributed by atoms with Gasteiger partial charge < -0.3 is 29.9 Å². The molecule has 1 unspecified atom stereocenters. The van der Waals surface area contributed by atoms with E-state index in [2.05, 4.69) is 10.6 Å². The summed E-state index contributed by atoms with van der Waals surface area (Å²) in [5.74, 6) is -1.01. The van der Waals surface area contributed by atoms with Crippen molar-refractivity contribution in [3.8, 4) is 0 Å². The SMILES string of the molecule is CNC(=O)c1cc(C(=O)NCCOC2CCCN(C(=O)O)C2)cn(Cc2ccccc2)c1=O. The Balaban J connectivity index is 1.65. The average Bonchev–Trinajstić information content (AvgIpc) is 2.83. The van der Waals surface area contributed by atoms with Gasteiger partial charge in [-0.2, -0.15) is 0 Å². The molecule has 1 aliphatic heterocycles. The smallest absolute Gasteiger partial charge is 0.407 e. The number of hydrogen-bond donors (Lipinski definition) is 3. The lowest BCUT2D eigenvalue weighted by atomic mass is 10.1. The summed E-state index contributed by atoms with van der Waals surface area (Å²) in [5, 5.41) is 14.3. The highest BCUT2D eigenvalue weighted by Gasteiger charge is 2.23. The van der Waals surface area contributed by atoms with Crippen molar-refractivity contribution in [3.05, 3.63) is 69.6 Å². The van der Waals surface area contributed by atoms with Gasteiger partial charge in [-0.15, -0.1) is 0 Å². The maximum Gasteiger partial charge on any atom is 0.407 e. The van der Waals surface area contributed by atoms with Crippen molar-refractivity contribution < 1.29 is 24.2 Å². The molecular formula is C23H28N4O6. The number of ether oxygens (including phenoxy) is 1. The highest BCUT2D eigenvalue weighted by Crippen LogP contribution is 2.13. The zero-order valence-electron chi connectivity index (χ0n) is 18.5. The highest BCUT2D eigenvalue weighted by molar-refractivity contribution is 5.99. The molecule has 1 fully saturated rings. The van der Waals surface area contributed by atoms with E-state index in [-0.39, 0.29) is 36.9 Å². The van der Waals surface area contributed by atoms with E-state index in [0.717, 1.165) is 18.4 Å². The summed E-state index contributed by atoms with van der Waals surface area (Å²) in [5.41, 5.74) is 0.432. The number of carbonyl (C=O) groups is 3. The van der Waals surface area contributed by atoms with Gasteiger partial charge in [0.1, 0.15) is 5.56 Å². The second-order valence-electron chi connectivity index (χ2n) is 7.76. The van der Waals surface area contributed by atoms with Gasteiger partial charge in [0.05, 0.1) is 31.4 Å². The standard InChI is InChI=1S/C23H28N4O6/c1-24-21(29)19-12-17(14-27(22(19)30)13-16-6-3-2-4-7-16)20(28)25-9-11-33-18-8-5-10-26(15-18)23(31)32/h2-4,6-7,12,14,18H,5,8-11,13,15H2,1H3,(H,24,29)(H,25,28)(H,31,32). The average molecular weight is 456 g/mol. The van der Waals surface area contributed by atoms with Gasteiger partial charge in [-0.1, -0.05) is 30.3 Å². The quantitative estimate of drug-likeness (QED) is 0.511. The van der Waals surface area contributed by atoms with Crippen molar-refractivity contribution in [2.75, 3.05) is 33.3 Å². The minimum atomic E-state index is -0.964. The van der Waals surface area contributed by atoms with Crippen LogP contribution in [-0.2, 0) is 11.3 Å². The van der Waals surface area contributed by atoms with Crippen LogP contribution < -0.4 is 16.2 Å². The van der Waals surface area contributed by atoms with E-state index >= 15 is 0 Å². The fourth-order valence-corrected chi connectivity index (χ4v) is 3.70. The van der Waals surface area contributed by atoms with Crippen LogP contribution in [-0.4, -0.2) is 71.9 Å². The molecule has 1 aromatic heterocycles. The van der Waals surface area contributed by atoms with Gasteiger partial charge >= 0.3 is 6.09 Å². The second-order valence-corrected chi connectivity index (χ2v) is 7.76. The van der Waals surface area contributed by atoms with E-state index in [9.17, 15) is 19.2 Å². The molecule has 1 saturated heterocycles. The van der Waals surface area contributed by atoms with E-state index in [1.165, 1.54) is 28.8 Å². The fraction of sp³-hybridized carbons (Fsp3) is 0.391. The molecule has 3 amide bonds. The molecule has 10 nitrogen and oxygen atoms in total.